The monoisotopic (exact) mass is 646 g/mol. The van der Waals surface area contributed by atoms with Gasteiger partial charge in [-0.25, -0.2) is 0 Å². The molecule has 3 N–H and O–H groups in total. The molecular formula is C36H30N4O4S2. The number of furan rings is 1. The van der Waals surface area contributed by atoms with E-state index >= 15 is 0 Å². The lowest BCUT2D eigenvalue weighted by Gasteiger charge is -2.15. The molecule has 1 atom stereocenters. The van der Waals surface area contributed by atoms with Crippen LogP contribution in [0, 0.1) is 18.3 Å². The van der Waals surface area contributed by atoms with E-state index in [9.17, 15) is 19.6 Å². The molecule has 0 aliphatic heterocycles. The van der Waals surface area contributed by atoms with E-state index < -0.39 is 17.1 Å². The molecule has 5 rings (SSSR count). The Hall–Kier alpha value is -5.37. The number of nitrogens with one attached hydrogen (secondary N) is 3. The van der Waals surface area contributed by atoms with Gasteiger partial charge in [-0.05, 0) is 61.4 Å². The van der Waals surface area contributed by atoms with Crippen LogP contribution in [0.1, 0.15) is 40.6 Å². The number of hydrogen-bond donors (Lipinski definition) is 3. The predicted molar refractivity (Wildman–Crippen MR) is 183 cm³/mol. The number of rotatable bonds is 11. The molecule has 3 aromatic carbocycles. The van der Waals surface area contributed by atoms with Crippen LogP contribution in [0.2, 0.25) is 0 Å². The molecule has 0 aliphatic carbocycles. The maximum absolute atomic E-state index is 13.4. The third-order valence-electron chi connectivity index (χ3n) is 6.89. The first-order valence-electron chi connectivity index (χ1n) is 14.4. The van der Waals surface area contributed by atoms with Crippen molar-refractivity contribution in [3.63, 3.8) is 0 Å². The Bertz CT molecular complexity index is 1910. The molecule has 0 radical (unpaired) electrons. The Labute approximate surface area is 275 Å². The summed E-state index contributed by atoms with van der Waals surface area (Å²) in [5.41, 5.74) is 4.15. The van der Waals surface area contributed by atoms with Gasteiger partial charge in [0.1, 0.15) is 22.5 Å². The van der Waals surface area contributed by atoms with Crippen LogP contribution in [-0.4, -0.2) is 23.0 Å². The lowest BCUT2D eigenvalue weighted by atomic mass is 10.0. The molecule has 10 heteroatoms. The Morgan fingerprint density at radius 1 is 0.978 bits per heavy atom. The van der Waals surface area contributed by atoms with Crippen LogP contribution >= 0.6 is 23.1 Å². The second-order valence-electron chi connectivity index (χ2n) is 10.2. The minimum absolute atomic E-state index is 0.00178. The Kier molecular flexibility index (Phi) is 10.5. The van der Waals surface area contributed by atoms with Crippen molar-refractivity contribution in [1.29, 1.82) is 5.26 Å². The number of aryl methyl sites for hydroxylation is 1. The number of nitriles is 1. The number of carbonyl (C=O) groups excluding carboxylic acids is 3. The van der Waals surface area contributed by atoms with Gasteiger partial charge < -0.3 is 20.4 Å². The smallest absolute Gasteiger partial charge is 0.272 e. The molecule has 0 fully saturated rings. The van der Waals surface area contributed by atoms with Gasteiger partial charge in [0.25, 0.3) is 11.8 Å². The van der Waals surface area contributed by atoms with E-state index in [-0.39, 0.29) is 11.6 Å². The number of carbonyl (C=O) groups is 3. The number of amides is 3. The molecule has 0 aliphatic rings. The van der Waals surface area contributed by atoms with Gasteiger partial charge >= 0.3 is 0 Å². The van der Waals surface area contributed by atoms with Gasteiger partial charge in [0.05, 0.1) is 17.1 Å². The van der Waals surface area contributed by atoms with Crippen molar-refractivity contribution in [3.8, 4) is 17.2 Å². The van der Waals surface area contributed by atoms with Crippen molar-refractivity contribution < 1.29 is 18.8 Å². The van der Waals surface area contributed by atoms with Crippen LogP contribution in [0.5, 0.6) is 0 Å². The van der Waals surface area contributed by atoms with Crippen molar-refractivity contribution in [2.75, 3.05) is 10.6 Å². The van der Waals surface area contributed by atoms with E-state index in [1.165, 1.54) is 35.4 Å². The highest BCUT2D eigenvalue weighted by Crippen LogP contribution is 2.36. The Morgan fingerprint density at radius 2 is 1.76 bits per heavy atom. The van der Waals surface area contributed by atoms with Gasteiger partial charge in [-0.2, -0.15) is 5.26 Å². The average Bonchev–Trinajstić information content (AvgIpc) is 3.74. The summed E-state index contributed by atoms with van der Waals surface area (Å²) in [6.45, 7) is 3.92. The number of anilines is 2. The van der Waals surface area contributed by atoms with Gasteiger partial charge in [0, 0.05) is 33.2 Å². The fraction of sp³-hybridized carbons (Fsp3) is 0.111. The number of hydrogen-bond acceptors (Lipinski definition) is 7. The van der Waals surface area contributed by atoms with Crippen LogP contribution in [0.25, 0.3) is 17.2 Å². The highest BCUT2D eigenvalue weighted by atomic mass is 32.2. The van der Waals surface area contributed by atoms with Gasteiger partial charge in [-0.15, -0.1) is 23.1 Å². The maximum Gasteiger partial charge on any atom is 0.272 e. The number of thiophene rings is 1. The number of thioether (sulfide) groups is 1. The van der Waals surface area contributed by atoms with Crippen molar-refractivity contribution in [2.24, 2.45) is 0 Å². The van der Waals surface area contributed by atoms with E-state index in [0.29, 0.717) is 34.0 Å². The van der Waals surface area contributed by atoms with Crippen molar-refractivity contribution in [2.45, 2.75) is 30.4 Å². The lowest BCUT2D eigenvalue weighted by Crippen LogP contribution is -2.30. The molecule has 0 saturated heterocycles. The summed E-state index contributed by atoms with van der Waals surface area (Å²) in [5.74, 6) is -0.802. The van der Waals surface area contributed by atoms with E-state index in [2.05, 4.69) is 22.0 Å². The largest absolute Gasteiger partial charge is 0.465 e. The third kappa shape index (κ3) is 8.01. The van der Waals surface area contributed by atoms with Crippen molar-refractivity contribution in [3.05, 3.63) is 131 Å². The van der Waals surface area contributed by atoms with E-state index in [1.807, 2.05) is 49.6 Å². The van der Waals surface area contributed by atoms with Crippen LogP contribution in [-0.2, 0) is 9.59 Å². The van der Waals surface area contributed by atoms with E-state index in [0.717, 1.165) is 21.6 Å². The van der Waals surface area contributed by atoms with Gasteiger partial charge in [0.2, 0.25) is 5.91 Å². The molecule has 46 heavy (non-hydrogen) atoms. The Morgan fingerprint density at radius 3 is 2.46 bits per heavy atom. The average molecular weight is 647 g/mol. The summed E-state index contributed by atoms with van der Waals surface area (Å²) in [4.78, 5) is 40.3. The van der Waals surface area contributed by atoms with Gasteiger partial charge in [0.15, 0.2) is 0 Å². The summed E-state index contributed by atoms with van der Waals surface area (Å²) in [7, 11) is 0. The minimum Gasteiger partial charge on any atom is -0.465 e. The zero-order valence-corrected chi connectivity index (χ0v) is 26.7. The molecule has 5 aromatic rings. The molecule has 1 unspecified atom stereocenters. The highest BCUT2D eigenvalue weighted by molar-refractivity contribution is 8.00. The zero-order chi connectivity index (χ0) is 32.5. The fourth-order valence-electron chi connectivity index (χ4n) is 4.49. The fourth-order valence-corrected chi connectivity index (χ4v) is 6.42. The highest BCUT2D eigenvalue weighted by Gasteiger charge is 2.22. The molecule has 230 valence electrons. The molecular weight excluding hydrogens is 617 g/mol. The standard InChI is InChI=1S/C36H30N4O4S2/c1-3-32(35(43)40-36-29(21-37)30(22-45-36)24-16-14-23(2)15-17-24)46-28-13-7-11-26(19-28)38-34(42)31(20-27-12-8-18-44-27)39-33(41)25-9-5-4-6-10-25/h4-20,22,32H,3H2,1-2H3,(H,38,42)(H,39,41)(H,40,43)/b31-20-. The molecule has 2 aromatic heterocycles. The summed E-state index contributed by atoms with van der Waals surface area (Å²) in [6, 6.07) is 29.2. The first-order chi connectivity index (χ1) is 22.3. The lowest BCUT2D eigenvalue weighted by molar-refractivity contribution is -0.116. The minimum atomic E-state index is -0.543. The summed E-state index contributed by atoms with van der Waals surface area (Å²) in [5, 5.41) is 20.3. The molecule has 0 saturated carbocycles. The summed E-state index contributed by atoms with van der Waals surface area (Å²) < 4.78 is 5.37. The zero-order valence-electron chi connectivity index (χ0n) is 25.1. The predicted octanol–water partition coefficient (Wildman–Crippen LogP) is 8.11. The Balaban J connectivity index is 1.28. The third-order valence-corrected chi connectivity index (χ3v) is 9.15. The van der Waals surface area contributed by atoms with Crippen molar-refractivity contribution in [1.82, 2.24) is 5.32 Å². The van der Waals surface area contributed by atoms with Crippen LogP contribution in [0.3, 0.4) is 0 Å². The quantitative estimate of drug-likeness (QED) is 0.0984. The molecule has 0 bridgehead atoms. The maximum atomic E-state index is 13.4. The van der Waals surface area contributed by atoms with E-state index in [4.69, 9.17) is 4.42 Å². The van der Waals surface area contributed by atoms with Crippen LogP contribution in [0.15, 0.2) is 118 Å². The van der Waals surface area contributed by atoms with Gasteiger partial charge in [-0.1, -0.05) is 61.0 Å². The molecule has 8 nitrogen and oxygen atoms in total. The first-order valence-corrected chi connectivity index (χ1v) is 16.2. The number of nitrogens with zero attached hydrogens (tertiary/aromatic N) is 1. The van der Waals surface area contributed by atoms with Gasteiger partial charge in [-0.3, -0.25) is 14.4 Å². The van der Waals surface area contributed by atoms with Crippen LogP contribution in [0.4, 0.5) is 10.7 Å². The van der Waals surface area contributed by atoms with Crippen LogP contribution < -0.4 is 16.0 Å². The second-order valence-corrected chi connectivity index (χ2v) is 12.4. The normalized spacial score (nSPS) is 11.7. The number of benzene rings is 3. The SMILES string of the molecule is CCC(Sc1cccc(NC(=O)/C(=C/c2ccco2)NC(=O)c2ccccc2)c1)C(=O)Nc1scc(-c2ccc(C)cc2)c1C#N. The summed E-state index contributed by atoms with van der Waals surface area (Å²) in [6.07, 6.45) is 3.47. The van der Waals surface area contributed by atoms with Crippen molar-refractivity contribution >= 4 is 57.6 Å². The van der Waals surface area contributed by atoms with E-state index in [1.54, 1.807) is 60.7 Å². The first kappa shape index (κ1) is 32.0. The molecule has 2 heterocycles. The molecule has 3 amide bonds. The second kappa shape index (κ2) is 15.1. The molecule has 0 spiro atoms. The summed E-state index contributed by atoms with van der Waals surface area (Å²) >= 11 is 2.68. The topological polar surface area (TPSA) is 124 Å².